The van der Waals surface area contributed by atoms with Crippen LogP contribution in [-0.2, 0) is 4.74 Å². The third-order valence-corrected chi connectivity index (χ3v) is 2.60. The molecule has 1 aromatic rings. The van der Waals surface area contributed by atoms with Gasteiger partial charge in [0.05, 0.1) is 13.2 Å². The van der Waals surface area contributed by atoms with Gasteiger partial charge in [0.25, 0.3) is 0 Å². The average molecular weight is 250 g/mol. The van der Waals surface area contributed by atoms with Gasteiger partial charge < -0.3 is 9.64 Å². The Labute approximate surface area is 109 Å². The molecular weight excluding hydrogens is 228 g/mol. The van der Waals surface area contributed by atoms with Crippen LogP contribution in [0.3, 0.4) is 0 Å². The maximum atomic E-state index is 5.54. The summed E-state index contributed by atoms with van der Waals surface area (Å²) in [6.45, 7) is 6.08. The molecule has 0 amide bonds. The van der Waals surface area contributed by atoms with Crippen LogP contribution in [-0.4, -0.2) is 32.8 Å². The van der Waals surface area contributed by atoms with Crippen molar-refractivity contribution in [1.82, 2.24) is 5.43 Å². The molecule has 0 radical (unpaired) electrons. The van der Waals surface area contributed by atoms with Gasteiger partial charge in [-0.25, -0.2) is 10.8 Å². The first-order valence-electron chi connectivity index (χ1n) is 6.07. The van der Waals surface area contributed by atoms with Gasteiger partial charge in [-0.15, -0.1) is 0 Å². The van der Waals surface area contributed by atoms with Crippen LogP contribution in [0.15, 0.2) is 29.3 Å². The predicted octanol–water partition coefficient (Wildman–Crippen LogP) is 1.29. The molecule has 18 heavy (non-hydrogen) atoms. The topological polar surface area (TPSA) is 62.9 Å². The van der Waals surface area contributed by atoms with E-state index in [1.54, 1.807) is 7.11 Å². The van der Waals surface area contributed by atoms with Gasteiger partial charge in [-0.3, -0.25) is 5.43 Å². The largest absolute Gasteiger partial charge is 0.383 e. The van der Waals surface area contributed by atoms with Crippen LogP contribution < -0.4 is 16.2 Å². The summed E-state index contributed by atoms with van der Waals surface area (Å²) < 4.78 is 4.98. The summed E-state index contributed by atoms with van der Waals surface area (Å²) in [5, 5.41) is 0. The van der Waals surface area contributed by atoms with Crippen LogP contribution >= 0.6 is 0 Å². The second-order valence-corrected chi connectivity index (χ2v) is 3.92. The van der Waals surface area contributed by atoms with Crippen LogP contribution in [0.4, 0.5) is 5.69 Å². The Morgan fingerprint density at radius 3 is 2.56 bits per heavy atom. The summed E-state index contributed by atoms with van der Waals surface area (Å²) >= 11 is 0. The van der Waals surface area contributed by atoms with Gasteiger partial charge in [0, 0.05) is 19.3 Å². The van der Waals surface area contributed by atoms with Gasteiger partial charge in [-0.1, -0.05) is 17.7 Å². The number of aliphatic imine (C=N–C) groups is 1. The van der Waals surface area contributed by atoms with Gasteiger partial charge in [0.2, 0.25) is 5.96 Å². The lowest BCUT2D eigenvalue weighted by molar-refractivity contribution is 0.208. The van der Waals surface area contributed by atoms with E-state index in [9.17, 15) is 0 Å². The predicted molar refractivity (Wildman–Crippen MR) is 75.7 cm³/mol. The van der Waals surface area contributed by atoms with Gasteiger partial charge in [-0.2, -0.15) is 0 Å². The SMILES string of the molecule is CCN(C(=NCCOC)NN)c1ccc(C)cc1. The van der Waals surface area contributed by atoms with Gasteiger partial charge in [-0.05, 0) is 26.0 Å². The van der Waals surface area contributed by atoms with Crippen molar-refractivity contribution >= 4 is 11.6 Å². The second kappa shape index (κ2) is 7.68. The highest BCUT2D eigenvalue weighted by Crippen LogP contribution is 2.14. The number of guanidine groups is 1. The fraction of sp³-hybridized carbons (Fsp3) is 0.462. The summed E-state index contributed by atoms with van der Waals surface area (Å²) in [5.41, 5.74) is 4.94. The molecule has 1 rings (SSSR count). The van der Waals surface area contributed by atoms with Gasteiger partial charge in [0.1, 0.15) is 0 Å². The first-order valence-corrected chi connectivity index (χ1v) is 6.07. The van der Waals surface area contributed by atoms with Crippen molar-refractivity contribution in [1.29, 1.82) is 0 Å². The molecular formula is C13H22N4O. The van der Waals surface area contributed by atoms with E-state index < -0.39 is 0 Å². The molecule has 3 N–H and O–H groups in total. The standard InChI is InChI=1S/C13H22N4O/c1-4-17(12-7-5-11(2)6-8-12)13(16-14)15-9-10-18-3/h5-8H,4,9-10,14H2,1-3H3,(H,15,16). The van der Waals surface area contributed by atoms with Crippen LogP contribution in [0.25, 0.3) is 0 Å². The lowest BCUT2D eigenvalue weighted by atomic mass is 10.2. The van der Waals surface area contributed by atoms with E-state index in [0.29, 0.717) is 19.1 Å². The van der Waals surface area contributed by atoms with Gasteiger partial charge >= 0.3 is 0 Å². The van der Waals surface area contributed by atoms with Crippen LogP contribution in [0, 0.1) is 6.92 Å². The van der Waals surface area contributed by atoms with Crippen molar-refractivity contribution in [3.63, 3.8) is 0 Å². The summed E-state index contributed by atoms with van der Waals surface area (Å²) in [5.74, 6) is 6.19. The van der Waals surface area contributed by atoms with E-state index in [0.717, 1.165) is 12.2 Å². The number of nitrogens with one attached hydrogen (secondary N) is 1. The van der Waals surface area contributed by atoms with E-state index >= 15 is 0 Å². The third-order valence-electron chi connectivity index (χ3n) is 2.60. The Kier molecular flexibility index (Phi) is 6.18. The Balaban J connectivity index is 2.85. The molecule has 0 saturated heterocycles. The van der Waals surface area contributed by atoms with Crippen molar-refractivity contribution < 1.29 is 4.74 Å². The molecule has 0 unspecified atom stereocenters. The van der Waals surface area contributed by atoms with E-state index in [1.807, 2.05) is 4.90 Å². The van der Waals surface area contributed by atoms with Gasteiger partial charge in [0.15, 0.2) is 0 Å². The molecule has 0 atom stereocenters. The lowest BCUT2D eigenvalue weighted by Gasteiger charge is -2.24. The first kappa shape index (κ1) is 14.5. The molecule has 0 saturated carbocycles. The van der Waals surface area contributed by atoms with Crippen LogP contribution in [0.2, 0.25) is 0 Å². The zero-order valence-corrected chi connectivity index (χ0v) is 11.3. The molecule has 100 valence electrons. The number of anilines is 1. The number of rotatable bonds is 5. The zero-order chi connectivity index (χ0) is 13.4. The number of nitrogens with two attached hydrogens (primary N) is 1. The molecule has 0 aliphatic rings. The first-order chi connectivity index (χ1) is 8.72. The zero-order valence-electron chi connectivity index (χ0n) is 11.3. The number of aryl methyl sites for hydroxylation is 1. The molecule has 0 heterocycles. The fourth-order valence-electron chi connectivity index (χ4n) is 1.63. The average Bonchev–Trinajstić information content (AvgIpc) is 2.40. The van der Waals surface area contributed by atoms with E-state index in [-0.39, 0.29) is 0 Å². The molecule has 0 spiro atoms. The third kappa shape index (κ3) is 4.01. The minimum Gasteiger partial charge on any atom is -0.383 e. The fourth-order valence-corrected chi connectivity index (χ4v) is 1.63. The lowest BCUT2D eigenvalue weighted by Crippen LogP contribution is -2.45. The van der Waals surface area contributed by atoms with Crippen LogP contribution in [0.1, 0.15) is 12.5 Å². The van der Waals surface area contributed by atoms with Crippen molar-refractivity contribution in [2.45, 2.75) is 13.8 Å². The molecule has 5 heteroatoms. The highest BCUT2D eigenvalue weighted by molar-refractivity contribution is 5.95. The van der Waals surface area contributed by atoms with E-state index in [2.05, 4.69) is 48.5 Å². The smallest absolute Gasteiger partial charge is 0.213 e. The molecule has 0 bridgehead atoms. The molecule has 0 aliphatic carbocycles. The Morgan fingerprint density at radius 1 is 1.39 bits per heavy atom. The minimum absolute atomic E-state index is 0.580. The monoisotopic (exact) mass is 250 g/mol. The van der Waals surface area contributed by atoms with Crippen molar-refractivity contribution in [2.24, 2.45) is 10.8 Å². The highest BCUT2D eigenvalue weighted by Gasteiger charge is 2.10. The molecule has 5 nitrogen and oxygen atoms in total. The second-order valence-electron chi connectivity index (χ2n) is 3.92. The molecule has 0 aromatic heterocycles. The number of hydrogen-bond acceptors (Lipinski definition) is 3. The highest BCUT2D eigenvalue weighted by atomic mass is 16.5. The minimum atomic E-state index is 0.580. The maximum absolute atomic E-state index is 5.54. The number of hydrazine groups is 1. The summed E-state index contributed by atoms with van der Waals surface area (Å²) in [6, 6.07) is 8.26. The molecule has 0 fully saturated rings. The van der Waals surface area contributed by atoms with Crippen molar-refractivity contribution in [3.05, 3.63) is 29.8 Å². The Bertz CT molecular complexity index is 375. The molecule has 0 aliphatic heterocycles. The normalized spacial score (nSPS) is 11.4. The molecule has 1 aromatic carbocycles. The maximum Gasteiger partial charge on any atom is 0.213 e. The summed E-state index contributed by atoms with van der Waals surface area (Å²) in [4.78, 5) is 6.41. The summed E-state index contributed by atoms with van der Waals surface area (Å²) in [7, 11) is 1.66. The van der Waals surface area contributed by atoms with Crippen molar-refractivity contribution in [2.75, 3.05) is 31.7 Å². The quantitative estimate of drug-likeness (QED) is 0.272. The van der Waals surface area contributed by atoms with Crippen LogP contribution in [0.5, 0.6) is 0 Å². The number of ether oxygens (including phenoxy) is 1. The Hall–Kier alpha value is -1.59. The van der Waals surface area contributed by atoms with E-state index in [4.69, 9.17) is 10.6 Å². The number of hydrogen-bond donors (Lipinski definition) is 2. The summed E-state index contributed by atoms with van der Waals surface area (Å²) in [6.07, 6.45) is 0. The number of methoxy groups -OCH3 is 1. The number of nitrogens with zero attached hydrogens (tertiary/aromatic N) is 2. The van der Waals surface area contributed by atoms with E-state index in [1.165, 1.54) is 5.56 Å². The Morgan fingerprint density at radius 2 is 2.06 bits per heavy atom. The number of benzene rings is 1. The van der Waals surface area contributed by atoms with Crippen molar-refractivity contribution in [3.8, 4) is 0 Å².